The summed E-state index contributed by atoms with van der Waals surface area (Å²) in [6.07, 6.45) is 1.58. The van der Waals surface area contributed by atoms with Crippen LogP contribution in [0.15, 0.2) is 71.8 Å². The van der Waals surface area contributed by atoms with Gasteiger partial charge in [0.15, 0.2) is 0 Å². The van der Waals surface area contributed by atoms with Crippen LogP contribution in [0.2, 0.25) is 10.0 Å². The summed E-state index contributed by atoms with van der Waals surface area (Å²) in [5.41, 5.74) is 5.49. The van der Waals surface area contributed by atoms with Crippen molar-refractivity contribution in [3.63, 3.8) is 0 Å². The number of hydrazone groups is 1. The topological polar surface area (TPSA) is 70.6 Å². The zero-order valence-electron chi connectivity index (χ0n) is 16.9. The molecule has 1 aromatic heterocycles. The fourth-order valence-corrected chi connectivity index (χ4v) is 4.65. The Morgan fingerprint density at radius 2 is 1.66 bits per heavy atom. The van der Waals surface area contributed by atoms with Gasteiger partial charge in [-0.25, -0.2) is 5.43 Å². The van der Waals surface area contributed by atoms with E-state index in [1.807, 2.05) is 31.2 Å². The highest BCUT2D eigenvalue weighted by atomic mass is 35.5. The second-order valence-electron chi connectivity index (χ2n) is 7.03. The van der Waals surface area contributed by atoms with Crippen LogP contribution in [0, 0.1) is 6.92 Å². The molecule has 0 aliphatic heterocycles. The van der Waals surface area contributed by atoms with E-state index in [0.717, 1.165) is 21.2 Å². The Labute approximate surface area is 198 Å². The summed E-state index contributed by atoms with van der Waals surface area (Å²) in [4.78, 5) is 25.4. The predicted octanol–water partition coefficient (Wildman–Crippen LogP) is 6.53. The summed E-state index contributed by atoms with van der Waals surface area (Å²) < 4.78 is 0.839. The first-order chi connectivity index (χ1) is 15.4. The minimum absolute atomic E-state index is 0.327. The quantitative estimate of drug-likeness (QED) is 0.251. The third kappa shape index (κ3) is 4.99. The molecule has 0 saturated carbocycles. The van der Waals surface area contributed by atoms with Crippen molar-refractivity contribution in [2.45, 2.75) is 6.92 Å². The lowest BCUT2D eigenvalue weighted by Gasteiger charge is -2.05. The van der Waals surface area contributed by atoms with Crippen LogP contribution in [-0.4, -0.2) is 18.0 Å². The SMILES string of the molecule is Cc1ccc(/C=N\NC(=O)c2ccc(NC(=O)c3sc4cc(Cl)ccc4c3Cl)cc2)cc1. The van der Waals surface area contributed by atoms with E-state index >= 15 is 0 Å². The molecular formula is C24H17Cl2N3O2S. The van der Waals surface area contributed by atoms with Gasteiger partial charge in [0.05, 0.1) is 11.2 Å². The van der Waals surface area contributed by atoms with Crippen LogP contribution in [0.25, 0.3) is 10.1 Å². The molecule has 0 unspecified atom stereocenters. The molecular weight excluding hydrogens is 465 g/mol. The third-order valence-electron chi connectivity index (χ3n) is 4.66. The molecule has 2 N–H and O–H groups in total. The lowest BCUT2D eigenvalue weighted by atomic mass is 10.2. The van der Waals surface area contributed by atoms with Gasteiger partial charge in [-0.05, 0) is 48.9 Å². The van der Waals surface area contributed by atoms with Crippen molar-refractivity contribution in [3.05, 3.63) is 98.3 Å². The largest absolute Gasteiger partial charge is 0.321 e. The number of carbonyl (C=O) groups is 2. The summed E-state index contributed by atoms with van der Waals surface area (Å²) in [7, 11) is 0. The number of amides is 2. The lowest BCUT2D eigenvalue weighted by molar-refractivity contribution is 0.0954. The average molecular weight is 482 g/mol. The summed E-state index contributed by atoms with van der Waals surface area (Å²) >= 11 is 13.7. The number of nitrogens with zero attached hydrogens (tertiary/aromatic N) is 1. The third-order valence-corrected chi connectivity index (χ3v) is 6.55. The molecule has 4 aromatic rings. The standard InChI is InChI=1S/C24H17Cl2N3O2S/c1-14-2-4-15(5-3-14)13-27-29-23(30)16-6-9-18(10-7-16)28-24(31)22-21(26)19-11-8-17(25)12-20(19)32-22/h2-13H,1H3,(H,28,31)(H,29,30)/b27-13-. The smallest absolute Gasteiger partial charge is 0.271 e. The Morgan fingerprint density at radius 3 is 2.38 bits per heavy atom. The van der Waals surface area contributed by atoms with Crippen LogP contribution in [-0.2, 0) is 0 Å². The van der Waals surface area contributed by atoms with Gasteiger partial charge in [0, 0.05) is 26.4 Å². The van der Waals surface area contributed by atoms with Crippen molar-refractivity contribution in [2.75, 3.05) is 5.32 Å². The first-order valence-electron chi connectivity index (χ1n) is 9.60. The van der Waals surface area contributed by atoms with E-state index in [0.29, 0.717) is 26.2 Å². The average Bonchev–Trinajstić information content (AvgIpc) is 3.11. The van der Waals surface area contributed by atoms with Gasteiger partial charge in [0.25, 0.3) is 11.8 Å². The number of aryl methyl sites for hydroxylation is 1. The molecule has 3 aromatic carbocycles. The Morgan fingerprint density at radius 1 is 0.938 bits per heavy atom. The van der Waals surface area contributed by atoms with E-state index in [1.165, 1.54) is 11.3 Å². The van der Waals surface area contributed by atoms with Gasteiger partial charge in [-0.15, -0.1) is 11.3 Å². The van der Waals surface area contributed by atoms with E-state index < -0.39 is 0 Å². The Hall–Kier alpha value is -3.19. The highest BCUT2D eigenvalue weighted by molar-refractivity contribution is 7.21. The summed E-state index contributed by atoms with van der Waals surface area (Å²) in [6, 6.07) is 19.6. The molecule has 5 nitrogen and oxygen atoms in total. The number of fused-ring (bicyclic) bond motifs is 1. The van der Waals surface area contributed by atoms with Crippen LogP contribution in [0.1, 0.15) is 31.2 Å². The molecule has 0 spiro atoms. The van der Waals surface area contributed by atoms with Crippen molar-refractivity contribution >= 4 is 68.3 Å². The molecule has 0 atom stereocenters. The highest BCUT2D eigenvalue weighted by Crippen LogP contribution is 2.37. The van der Waals surface area contributed by atoms with Gasteiger partial charge in [0.2, 0.25) is 0 Å². The molecule has 0 fully saturated rings. The van der Waals surface area contributed by atoms with Crippen molar-refractivity contribution in [3.8, 4) is 0 Å². The Bertz CT molecular complexity index is 1330. The number of nitrogens with one attached hydrogen (secondary N) is 2. The number of carbonyl (C=O) groups excluding carboxylic acids is 2. The Balaban J connectivity index is 1.40. The molecule has 1 heterocycles. The minimum atomic E-state index is -0.351. The fourth-order valence-electron chi connectivity index (χ4n) is 2.96. The van der Waals surface area contributed by atoms with E-state index in [1.54, 1.807) is 48.7 Å². The second-order valence-corrected chi connectivity index (χ2v) is 8.89. The molecule has 2 amide bonds. The van der Waals surface area contributed by atoms with E-state index in [2.05, 4.69) is 15.8 Å². The number of benzene rings is 3. The van der Waals surface area contributed by atoms with E-state index in [9.17, 15) is 9.59 Å². The maximum absolute atomic E-state index is 12.7. The van der Waals surface area contributed by atoms with E-state index in [-0.39, 0.29) is 11.8 Å². The maximum atomic E-state index is 12.7. The normalized spacial score (nSPS) is 11.1. The van der Waals surface area contributed by atoms with Crippen molar-refractivity contribution in [2.24, 2.45) is 5.10 Å². The molecule has 8 heteroatoms. The molecule has 0 aliphatic rings. The number of anilines is 1. The summed E-state index contributed by atoms with van der Waals surface area (Å²) in [6.45, 7) is 2.00. The second kappa shape index (κ2) is 9.53. The van der Waals surface area contributed by atoms with Crippen LogP contribution < -0.4 is 10.7 Å². The maximum Gasteiger partial charge on any atom is 0.271 e. The molecule has 160 valence electrons. The van der Waals surface area contributed by atoms with Gasteiger partial charge in [-0.2, -0.15) is 5.10 Å². The number of hydrogen-bond donors (Lipinski definition) is 2. The van der Waals surface area contributed by atoms with Gasteiger partial charge in [0.1, 0.15) is 4.88 Å². The zero-order valence-corrected chi connectivity index (χ0v) is 19.2. The molecule has 0 radical (unpaired) electrons. The van der Waals surface area contributed by atoms with Gasteiger partial charge < -0.3 is 5.32 Å². The molecule has 0 saturated heterocycles. The van der Waals surface area contributed by atoms with Gasteiger partial charge >= 0.3 is 0 Å². The van der Waals surface area contributed by atoms with Crippen molar-refractivity contribution < 1.29 is 9.59 Å². The van der Waals surface area contributed by atoms with Crippen LogP contribution in [0.5, 0.6) is 0 Å². The number of hydrogen-bond acceptors (Lipinski definition) is 4. The number of rotatable bonds is 5. The van der Waals surface area contributed by atoms with Crippen molar-refractivity contribution in [1.29, 1.82) is 0 Å². The monoisotopic (exact) mass is 481 g/mol. The summed E-state index contributed by atoms with van der Waals surface area (Å²) in [5, 5.41) is 8.54. The molecule has 4 rings (SSSR count). The van der Waals surface area contributed by atoms with Gasteiger partial charge in [-0.3, -0.25) is 9.59 Å². The first kappa shape index (κ1) is 22.0. The lowest BCUT2D eigenvalue weighted by Crippen LogP contribution is -2.17. The fraction of sp³-hybridized carbons (Fsp3) is 0.0417. The predicted molar refractivity (Wildman–Crippen MR) is 132 cm³/mol. The molecule has 0 aliphatic carbocycles. The minimum Gasteiger partial charge on any atom is -0.321 e. The van der Waals surface area contributed by atoms with Crippen molar-refractivity contribution in [1.82, 2.24) is 5.43 Å². The first-order valence-corrected chi connectivity index (χ1v) is 11.2. The van der Waals surface area contributed by atoms with Crippen LogP contribution in [0.4, 0.5) is 5.69 Å². The number of halogens is 2. The van der Waals surface area contributed by atoms with Gasteiger partial charge in [-0.1, -0.05) is 59.1 Å². The molecule has 32 heavy (non-hydrogen) atoms. The highest BCUT2D eigenvalue weighted by Gasteiger charge is 2.17. The Kier molecular flexibility index (Phi) is 6.55. The van der Waals surface area contributed by atoms with Crippen LogP contribution >= 0.6 is 34.5 Å². The molecule has 0 bridgehead atoms. The number of thiophene rings is 1. The zero-order chi connectivity index (χ0) is 22.7. The van der Waals surface area contributed by atoms with E-state index in [4.69, 9.17) is 23.2 Å². The summed E-state index contributed by atoms with van der Waals surface area (Å²) in [5.74, 6) is -0.678. The van der Waals surface area contributed by atoms with Crippen LogP contribution in [0.3, 0.4) is 0 Å².